The molecule has 1 aliphatic carbocycles. The number of aromatic hydroxyl groups is 4. The Kier molecular flexibility index (Phi) is 7.88. The Morgan fingerprint density at radius 1 is 0.950 bits per heavy atom. The third-order valence-electron chi connectivity index (χ3n) is 6.92. The van der Waals surface area contributed by atoms with E-state index in [0.29, 0.717) is 0 Å². The molecule has 214 valence electrons. The van der Waals surface area contributed by atoms with Crippen LogP contribution in [0.15, 0.2) is 35.9 Å². The first-order valence-corrected chi connectivity index (χ1v) is 11.9. The highest BCUT2D eigenvalue weighted by molar-refractivity contribution is 6.02. The van der Waals surface area contributed by atoms with E-state index in [4.69, 9.17) is 14.6 Å². The van der Waals surface area contributed by atoms with Crippen molar-refractivity contribution in [3.8, 4) is 23.0 Å². The number of carbonyl (C=O) groups excluding carboxylic acids is 1. The fraction of sp³-hybridized carbons (Fsp3) is 0.346. The number of rotatable bonds is 7. The second-order valence-corrected chi connectivity index (χ2v) is 9.50. The van der Waals surface area contributed by atoms with E-state index in [1.807, 2.05) is 0 Å². The first-order chi connectivity index (χ1) is 18.8. The van der Waals surface area contributed by atoms with Gasteiger partial charge >= 0.3 is 17.9 Å². The molecule has 0 radical (unpaired) electrons. The van der Waals surface area contributed by atoms with Gasteiger partial charge in [0.1, 0.15) is 18.3 Å². The van der Waals surface area contributed by atoms with E-state index in [1.54, 1.807) is 0 Å². The summed E-state index contributed by atoms with van der Waals surface area (Å²) in [4.78, 5) is 37.2. The molecule has 1 saturated heterocycles. The number of aliphatic hydroxyl groups excluding tert-OH is 3. The molecule has 7 atom stereocenters. The zero-order valence-electron chi connectivity index (χ0n) is 20.5. The number of carboxylic acids is 2. The van der Waals surface area contributed by atoms with Crippen LogP contribution in [0.4, 0.5) is 0 Å². The Morgan fingerprint density at radius 3 is 2.23 bits per heavy atom. The van der Waals surface area contributed by atoms with Crippen molar-refractivity contribution in [2.75, 3.05) is 6.61 Å². The predicted molar refractivity (Wildman–Crippen MR) is 130 cm³/mol. The summed E-state index contributed by atoms with van der Waals surface area (Å²) in [5.41, 5.74) is -0.169. The number of hydrogen-bond acceptors (Lipinski definition) is 12. The van der Waals surface area contributed by atoms with E-state index in [2.05, 4.69) is 0 Å². The highest BCUT2D eigenvalue weighted by Gasteiger charge is 2.46. The van der Waals surface area contributed by atoms with Crippen molar-refractivity contribution in [2.24, 2.45) is 5.92 Å². The van der Waals surface area contributed by atoms with E-state index >= 15 is 0 Å². The van der Waals surface area contributed by atoms with E-state index in [1.165, 1.54) is 6.07 Å². The van der Waals surface area contributed by atoms with Gasteiger partial charge in [-0.3, -0.25) is 4.79 Å². The lowest BCUT2D eigenvalue weighted by Gasteiger charge is -2.39. The molecule has 14 nitrogen and oxygen atoms in total. The molecule has 2 aromatic rings. The first-order valence-electron chi connectivity index (χ1n) is 11.9. The maximum Gasteiger partial charge on any atom is 0.335 e. The molecule has 0 spiro atoms. The fourth-order valence-corrected chi connectivity index (χ4v) is 4.90. The SMILES string of the molecule is O=C(O[C@@H]1[C@@H](O)[C@@H](O)CO[C@H]1CC(O)C(=O)O)C1=Cc2cc(O)c(O)cc2[C@@H](c2ccc(O)c(O)c2)[C@@H]1C(=O)O. The van der Waals surface area contributed by atoms with Crippen molar-refractivity contribution >= 4 is 24.0 Å². The van der Waals surface area contributed by atoms with Crippen molar-refractivity contribution in [3.05, 3.63) is 52.6 Å². The molecule has 4 rings (SSSR count). The van der Waals surface area contributed by atoms with Crippen LogP contribution in [0.1, 0.15) is 29.0 Å². The Labute approximate surface area is 225 Å². The highest BCUT2D eigenvalue weighted by atomic mass is 16.6. The lowest BCUT2D eigenvalue weighted by atomic mass is 9.71. The molecular weight excluding hydrogens is 536 g/mol. The standard InChI is InChI=1S/C26H26O14/c27-13-2-1-9(4-14(13)28)20-11-6-16(30)15(29)5-10(11)3-12(21(20)25(36)37)26(38)40-23-19(7-17(31)24(34)35)39-8-18(32)22(23)33/h1-6,17-23,27-33H,7-8H2,(H,34,35)(H,36,37)/t17?,18-,19-,20+,21+,22-,23-/m0/s1. The summed E-state index contributed by atoms with van der Waals surface area (Å²) in [6, 6.07) is 5.60. The number of phenols is 4. The zero-order valence-corrected chi connectivity index (χ0v) is 20.5. The summed E-state index contributed by atoms with van der Waals surface area (Å²) in [5.74, 6) is -9.76. The number of aliphatic hydroxyl groups is 3. The minimum Gasteiger partial charge on any atom is -0.504 e. The average Bonchev–Trinajstić information content (AvgIpc) is 2.89. The number of esters is 1. The van der Waals surface area contributed by atoms with Gasteiger partial charge in [-0.2, -0.15) is 0 Å². The van der Waals surface area contributed by atoms with Crippen LogP contribution in [0.2, 0.25) is 0 Å². The molecule has 2 aromatic carbocycles. The van der Waals surface area contributed by atoms with Crippen molar-refractivity contribution < 1.29 is 69.8 Å². The maximum atomic E-state index is 13.5. The van der Waals surface area contributed by atoms with Gasteiger partial charge in [-0.25, -0.2) is 9.59 Å². The number of carbonyl (C=O) groups is 3. The smallest absolute Gasteiger partial charge is 0.335 e. The third kappa shape index (κ3) is 5.37. The molecule has 1 fully saturated rings. The number of aliphatic carboxylic acids is 2. The zero-order chi connectivity index (χ0) is 29.5. The third-order valence-corrected chi connectivity index (χ3v) is 6.92. The summed E-state index contributed by atoms with van der Waals surface area (Å²) in [6.07, 6.45) is -7.97. The molecule has 40 heavy (non-hydrogen) atoms. The van der Waals surface area contributed by atoms with Crippen LogP contribution < -0.4 is 0 Å². The van der Waals surface area contributed by atoms with E-state index in [0.717, 1.165) is 30.3 Å². The molecule has 1 aliphatic heterocycles. The summed E-state index contributed by atoms with van der Waals surface area (Å²) < 4.78 is 10.7. The molecule has 0 amide bonds. The van der Waals surface area contributed by atoms with Crippen LogP contribution in [-0.2, 0) is 23.9 Å². The molecule has 14 heteroatoms. The van der Waals surface area contributed by atoms with E-state index in [9.17, 15) is 55.2 Å². The molecule has 2 aliphatic rings. The van der Waals surface area contributed by atoms with Gasteiger partial charge in [0, 0.05) is 12.3 Å². The van der Waals surface area contributed by atoms with E-state index in [-0.39, 0.29) is 16.7 Å². The molecule has 9 N–H and O–H groups in total. The molecule has 0 bridgehead atoms. The molecule has 0 aromatic heterocycles. The quantitative estimate of drug-likeness (QED) is 0.154. The van der Waals surface area contributed by atoms with Crippen molar-refractivity contribution in [1.29, 1.82) is 0 Å². The Balaban J connectivity index is 1.79. The average molecular weight is 562 g/mol. The van der Waals surface area contributed by atoms with Gasteiger partial charge in [0.05, 0.1) is 18.1 Å². The Bertz CT molecular complexity index is 1370. The second-order valence-electron chi connectivity index (χ2n) is 9.50. The topological polar surface area (TPSA) is 252 Å². The molecule has 1 heterocycles. The molecular formula is C26H26O14. The van der Waals surface area contributed by atoms with Crippen molar-refractivity contribution in [1.82, 2.24) is 0 Å². The Hall–Kier alpha value is -4.37. The molecule has 0 saturated carbocycles. The normalized spacial score (nSPS) is 26.7. The van der Waals surface area contributed by atoms with Gasteiger partial charge in [-0.1, -0.05) is 6.07 Å². The number of hydrogen-bond donors (Lipinski definition) is 9. The van der Waals surface area contributed by atoms with Crippen LogP contribution in [0, 0.1) is 5.92 Å². The lowest BCUT2D eigenvalue weighted by Crippen LogP contribution is -2.56. The second kappa shape index (κ2) is 11.0. The van der Waals surface area contributed by atoms with Crippen LogP contribution in [-0.4, -0.2) is 101 Å². The maximum absolute atomic E-state index is 13.5. The van der Waals surface area contributed by atoms with Gasteiger partial charge < -0.3 is 55.4 Å². The summed E-state index contributed by atoms with van der Waals surface area (Å²) in [5, 5.41) is 89.6. The summed E-state index contributed by atoms with van der Waals surface area (Å²) in [7, 11) is 0. The summed E-state index contributed by atoms with van der Waals surface area (Å²) in [6.45, 7) is -0.463. The van der Waals surface area contributed by atoms with Crippen LogP contribution in [0.3, 0.4) is 0 Å². The van der Waals surface area contributed by atoms with Crippen LogP contribution >= 0.6 is 0 Å². The van der Waals surface area contributed by atoms with Gasteiger partial charge in [0.2, 0.25) is 0 Å². The summed E-state index contributed by atoms with van der Waals surface area (Å²) >= 11 is 0. The largest absolute Gasteiger partial charge is 0.504 e. The van der Waals surface area contributed by atoms with Gasteiger partial charge in [-0.05, 0) is 47.0 Å². The van der Waals surface area contributed by atoms with Crippen LogP contribution in [0.5, 0.6) is 23.0 Å². The predicted octanol–water partition coefficient (Wildman–Crippen LogP) is -0.393. The number of benzene rings is 2. The monoisotopic (exact) mass is 562 g/mol. The van der Waals surface area contributed by atoms with Gasteiger partial charge in [-0.15, -0.1) is 0 Å². The number of ether oxygens (including phenoxy) is 2. The minimum absolute atomic E-state index is 0.0932. The number of fused-ring (bicyclic) bond motifs is 1. The number of carboxylic acid groups (broad SMARTS) is 2. The molecule has 1 unspecified atom stereocenters. The Morgan fingerprint density at radius 2 is 1.60 bits per heavy atom. The highest BCUT2D eigenvalue weighted by Crippen LogP contribution is 2.47. The van der Waals surface area contributed by atoms with Gasteiger partial charge in [0.15, 0.2) is 35.2 Å². The van der Waals surface area contributed by atoms with Crippen molar-refractivity contribution in [2.45, 2.75) is 42.9 Å². The van der Waals surface area contributed by atoms with Gasteiger partial charge in [0.25, 0.3) is 0 Å². The number of phenolic OH excluding ortho intramolecular Hbond substituents is 4. The van der Waals surface area contributed by atoms with Crippen LogP contribution in [0.25, 0.3) is 6.08 Å². The van der Waals surface area contributed by atoms with Crippen molar-refractivity contribution in [3.63, 3.8) is 0 Å². The lowest BCUT2D eigenvalue weighted by molar-refractivity contribution is -0.211. The fourth-order valence-electron chi connectivity index (χ4n) is 4.90. The minimum atomic E-state index is -1.97. The first kappa shape index (κ1) is 28.6. The van der Waals surface area contributed by atoms with E-state index < -0.39 is 102 Å².